The van der Waals surface area contributed by atoms with Crippen LogP contribution in [0.25, 0.3) is 0 Å². The number of esters is 1. The van der Waals surface area contributed by atoms with Gasteiger partial charge in [0, 0.05) is 23.3 Å². The van der Waals surface area contributed by atoms with Crippen LogP contribution in [0.5, 0.6) is 0 Å². The second kappa shape index (κ2) is 6.98. The maximum atomic E-state index is 12.9. The van der Waals surface area contributed by atoms with E-state index in [0.29, 0.717) is 4.90 Å². The largest absolute Gasteiger partial charge is 0.467 e. The highest BCUT2D eigenvalue weighted by atomic mass is 32.2. The fourth-order valence-corrected chi connectivity index (χ4v) is 2.34. The van der Waals surface area contributed by atoms with Crippen LogP contribution in [0.1, 0.15) is 6.92 Å². The van der Waals surface area contributed by atoms with Gasteiger partial charge < -0.3 is 15.8 Å². The van der Waals surface area contributed by atoms with Crippen molar-refractivity contribution in [1.29, 1.82) is 0 Å². The number of methoxy groups -OCH3 is 1. The van der Waals surface area contributed by atoms with Gasteiger partial charge in [-0.1, -0.05) is 0 Å². The predicted molar refractivity (Wildman–Crippen MR) is 71.2 cm³/mol. The quantitative estimate of drug-likeness (QED) is 0.482. The molecule has 0 aliphatic heterocycles. The van der Waals surface area contributed by atoms with E-state index in [9.17, 15) is 14.0 Å². The van der Waals surface area contributed by atoms with E-state index in [2.05, 4.69) is 10.1 Å². The van der Waals surface area contributed by atoms with Crippen LogP contribution in [0.15, 0.2) is 23.1 Å². The molecule has 0 saturated heterocycles. The highest BCUT2D eigenvalue weighted by Gasteiger charge is 2.20. The van der Waals surface area contributed by atoms with Crippen molar-refractivity contribution in [1.82, 2.24) is 5.32 Å². The van der Waals surface area contributed by atoms with Crippen LogP contribution in [0, 0.1) is 5.82 Å². The zero-order valence-electron chi connectivity index (χ0n) is 10.6. The first kappa shape index (κ1) is 15.3. The average Bonchev–Trinajstić information content (AvgIpc) is 2.34. The Kier molecular flexibility index (Phi) is 5.62. The molecule has 1 rings (SSSR count). The molecule has 1 aromatic rings. The minimum atomic E-state index is -0.767. The summed E-state index contributed by atoms with van der Waals surface area (Å²) < 4.78 is 17.5. The number of benzene rings is 1. The van der Waals surface area contributed by atoms with Gasteiger partial charge in [0.15, 0.2) is 0 Å². The van der Waals surface area contributed by atoms with Gasteiger partial charge in [-0.15, -0.1) is 11.8 Å². The fraction of sp³-hybridized carbons (Fsp3) is 0.333. The number of thioether (sulfide) groups is 1. The molecule has 0 radical (unpaired) electrons. The second-order valence-electron chi connectivity index (χ2n) is 3.77. The highest BCUT2D eigenvalue weighted by molar-refractivity contribution is 7.99. The van der Waals surface area contributed by atoms with E-state index < -0.39 is 17.8 Å². The van der Waals surface area contributed by atoms with Crippen LogP contribution in [-0.2, 0) is 14.3 Å². The number of nitrogen functional groups attached to an aromatic ring is 1. The van der Waals surface area contributed by atoms with Crippen molar-refractivity contribution in [2.45, 2.75) is 17.9 Å². The number of rotatable bonds is 5. The number of carbonyl (C=O) groups excluding carboxylic acids is 2. The second-order valence-corrected chi connectivity index (χ2v) is 4.83. The molecule has 0 aliphatic carbocycles. The van der Waals surface area contributed by atoms with Gasteiger partial charge in [-0.3, -0.25) is 4.79 Å². The Bertz CT molecular complexity index is 482. The lowest BCUT2D eigenvalue weighted by Crippen LogP contribution is -2.42. The Labute approximate surface area is 114 Å². The molecule has 0 fully saturated rings. The topological polar surface area (TPSA) is 81.4 Å². The first-order valence-corrected chi connectivity index (χ1v) is 6.45. The minimum Gasteiger partial charge on any atom is -0.467 e. The van der Waals surface area contributed by atoms with E-state index in [-0.39, 0.29) is 17.3 Å². The van der Waals surface area contributed by atoms with E-state index in [4.69, 9.17) is 5.73 Å². The third-order valence-corrected chi connectivity index (χ3v) is 3.42. The van der Waals surface area contributed by atoms with Gasteiger partial charge in [0.25, 0.3) is 0 Å². The van der Waals surface area contributed by atoms with Crippen LogP contribution in [0.2, 0.25) is 0 Å². The SMILES string of the molecule is COC(=O)C(CSc1ccc(F)cc1N)NC(C)=O. The summed E-state index contributed by atoms with van der Waals surface area (Å²) in [6, 6.07) is 3.24. The highest BCUT2D eigenvalue weighted by Crippen LogP contribution is 2.26. The standard InChI is InChI=1S/C12H15FN2O3S/c1-7(16)15-10(12(17)18-2)6-19-11-4-3-8(13)5-9(11)14/h3-5,10H,6,14H2,1-2H3,(H,15,16). The van der Waals surface area contributed by atoms with Crippen molar-refractivity contribution in [2.75, 3.05) is 18.6 Å². The number of nitrogens with one attached hydrogen (secondary N) is 1. The Morgan fingerprint density at radius 2 is 2.21 bits per heavy atom. The maximum Gasteiger partial charge on any atom is 0.329 e. The molecule has 3 N–H and O–H groups in total. The van der Waals surface area contributed by atoms with Crippen molar-refractivity contribution in [2.24, 2.45) is 0 Å². The molecule has 19 heavy (non-hydrogen) atoms. The number of ether oxygens (including phenoxy) is 1. The smallest absolute Gasteiger partial charge is 0.329 e. The third-order valence-electron chi connectivity index (χ3n) is 2.24. The molecule has 104 valence electrons. The van der Waals surface area contributed by atoms with Crippen molar-refractivity contribution in [3.8, 4) is 0 Å². The first-order valence-electron chi connectivity index (χ1n) is 5.46. The van der Waals surface area contributed by atoms with Crippen molar-refractivity contribution >= 4 is 29.3 Å². The monoisotopic (exact) mass is 286 g/mol. The van der Waals surface area contributed by atoms with Crippen LogP contribution < -0.4 is 11.1 Å². The Morgan fingerprint density at radius 3 is 2.74 bits per heavy atom. The lowest BCUT2D eigenvalue weighted by atomic mass is 10.3. The van der Waals surface area contributed by atoms with Crippen LogP contribution >= 0.6 is 11.8 Å². The molecular weight excluding hydrogens is 271 g/mol. The molecule has 1 unspecified atom stereocenters. The molecule has 1 amide bonds. The van der Waals surface area contributed by atoms with Crippen molar-refractivity contribution < 1.29 is 18.7 Å². The number of amides is 1. The molecule has 5 nitrogen and oxygen atoms in total. The van der Waals surface area contributed by atoms with E-state index in [1.165, 1.54) is 44.0 Å². The molecule has 0 saturated carbocycles. The molecule has 0 bridgehead atoms. The Hall–Kier alpha value is -1.76. The maximum absolute atomic E-state index is 12.9. The lowest BCUT2D eigenvalue weighted by Gasteiger charge is -2.15. The Balaban J connectivity index is 2.70. The van der Waals surface area contributed by atoms with E-state index >= 15 is 0 Å². The number of hydrogen-bond donors (Lipinski definition) is 2. The minimum absolute atomic E-state index is 0.252. The van der Waals surface area contributed by atoms with E-state index in [1.807, 2.05) is 0 Å². The molecule has 0 aromatic heterocycles. The average molecular weight is 286 g/mol. The van der Waals surface area contributed by atoms with Gasteiger partial charge in [0.1, 0.15) is 11.9 Å². The molecule has 7 heteroatoms. The summed E-state index contributed by atoms with van der Waals surface area (Å²) in [6.07, 6.45) is 0. The molecule has 1 atom stereocenters. The molecular formula is C12H15FN2O3S. The van der Waals surface area contributed by atoms with E-state index in [0.717, 1.165) is 0 Å². The first-order chi connectivity index (χ1) is 8.93. The molecule has 0 spiro atoms. The zero-order chi connectivity index (χ0) is 14.4. The van der Waals surface area contributed by atoms with Crippen molar-refractivity contribution in [3.05, 3.63) is 24.0 Å². The summed E-state index contributed by atoms with van der Waals surface area (Å²) in [6.45, 7) is 1.31. The number of carbonyl (C=O) groups is 2. The molecule has 0 aliphatic rings. The van der Waals surface area contributed by atoms with Crippen LogP contribution in [-0.4, -0.2) is 30.8 Å². The summed E-state index contributed by atoms with van der Waals surface area (Å²) in [4.78, 5) is 23.1. The summed E-state index contributed by atoms with van der Waals surface area (Å²) >= 11 is 1.24. The van der Waals surface area contributed by atoms with Crippen molar-refractivity contribution in [3.63, 3.8) is 0 Å². The third kappa shape index (κ3) is 4.78. The summed E-state index contributed by atoms with van der Waals surface area (Å²) in [7, 11) is 1.24. The van der Waals surface area contributed by atoms with E-state index in [1.54, 1.807) is 0 Å². The number of halogens is 1. The number of nitrogens with two attached hydrogens (primary N) is 1. The zero-order valence-corrected chi connectivity index (χ0v) is 11.4. The number of anilines is 1. The van der Waals surface area contributed by atoms with Gasteiger partial charge in [-0.2, -0.15) is 0 Å². The predicted octanol–water partition coefficient (Wildman–Crippen LogP) is 1.18. The number of hydrogen-bond acceptors (Lipinski definition) is 5. The van der Waals surface area contributed by atoms with Gasteiger partial charge in [0.2, 0.25) is 5.91 Å². The van der Waals surface area contributed by atoms with Crippen LogP contribution in [0.3, 0.4) is 0 Å². The summed E-state index contributed by atoms with van der Waals surface area (Å²) in [5.74, 6) is -1.04. The summed E-state index contributed by atoms with van der Waals surface area (Å²) in [5, 5.41) is 2.48. The molecule has 1 aromatic carbocycles. The summed E-state index contributed by atoms with van der Waals surface area (Å²) in [5.41, 5.74) is 5.94. The fourth-order valence-electron chi connectivity index (χ4n) is 1.38. The Morgan fingerprint density at radius 1 is 1.53 bits per heavy atom. The molecule has 0 heterocycles. The normalized spacial score (nSPS) is 11.7. The van der Waals surface area contributed by atoms with Gasteiger partial charge in [0.05, 0.1) is 7.11 Å². The lowest BCUT2D eigenvalue weighted by molar-refractivity contribution is -0.144. The van der Waals surface area contributed by atoms with Gasteiger partial charge in [-0.05, 0) is 18.2 Å². The van der Waals surface area contributed by atoms with Gasteiger partial charge in [-0.25, -0.2) is 9.18 Å². The van der Waals surface area contributed by atoms with Gasteiger partial charge >= 0.3 is 5.97 Å². The van der Waals surface area contributed by atoms with Crippen LogP contribution in [0.4, 0.5) is 10.1 Å².